The number of nitrogen functional groups attached to an aromatic ring is 1. The highest BCUT2D eigenvalue weighted by atomic mass is 79.9. The summed E-state index contributed by atoms with van der Waals surface area (Å²) in [7, 11) is 0. The number of aromatic nitrogens is 1. The molecule has 0 aliphatic heterocycles. The number of rotatable bonds is 2. The lowest BCUT2D eigenvalue weighted by molar-refractivity contribution is 0.311. The highest BCUT2D eigenvalue weighted by Crippen LogP contribution is 2.24. The van der Waals surface area contributed by atoms with Gasteiger partial charge in [-0.2, -0.15) is 4.37 Å². The predicted molar refractivity (Wildman–Crippen MR) is 71.7 cm³/mol. The van der Waals surface area contributed by atoms with E-state index >= 15 is 0 Å². The quantitative estimate of drug-likeness (QED) is 0.449. The number of halogens is 2. The maximum absolute atomic E-state index is 13.1. The van der Waals surface area contributed by atoms with E-state index in [2.05, 4.69) is 20.3 Å². The summed E-state index contributed by atoms with van der Waals surface area (Å²) in [5.41, 5.74) is 6.34. The molecule has 94 valence electrons. The number of hydrogen-bond acceptors (Lipinski definition) is 5. The van der Waals surface area contributed by atoms with Gasteiger partial charge in [0.05, 0.1) is 15.8 Å². The molecule has 2 aromatic rings. The normalized spacial score (nSPS) is 10.4. The number of benzene rings is 1. The maximum atomic E-state index is 13.1. The third kappa shape index (κ3) is 2.35. The van der Waals surface area contributed by atoms with Crippen molar-refractivity contribution in [2.24, 2.45) is 0 Å². The summed E-state index contributed by atoms with van der Waals surface area (Å²) in [4.78, 5) is 0. The molecule has 18 heavy (non-hydrogen) atoms. The standard InChI is InChI=1S/C10H8BrFN4OS/c11-6-3-5(1-2-7(6)12)16(17)10(14)9-8(13)4-18-15-9/h1-4,14,17H,13H2. The van der Waals surface area contributed by atoms with Crippen molar-refractivity contribution in [3.8, 4) is 0 Å². The lowest BCUT2D eigenvalue weighted by Gasteiger charge is -2.17. The average Bonchev–Trinajstić information content (AvgIpc) is 2.77. The van der Waals surface area contributed by atoms with Crippen LogP contribution in [0.2, 0.25) is 0 Å². The Morgan fingerprint density at radius 2 is 2.28 bits per heavy atom. The first kappa shape index (κ1) is 12.9. The fraction of sp³-hybridized carbons (Fsp3) is 0. The smallest absolute Gasteiger partial charge is 0.179 e. The van der Waals surface area contributed by atoms with E-state index in [1.54, 1.807) is 5.38 Å². The Morgan fingerprint density at radius 3 is 2.83 bits per heavy atom. The van der Waals surface area contributed by atoms with Gasteiger partial charge >= 0.3 is 0 Å². The van der Waals surface area contributed by atoms with E-state index in [-0.39, 0.29) is 21.7 Å². The topological polar surface area (TPSA) is 86.2 Å². The molecule has 0 fully saturated rings. The van der Waals surface area contributed by atoms with Crippen LogP contribution in [0.4, 0.5) is 15.8 Å². The van der Waals surface area contributed by atoms with Gasteiger partial charge in [-0.25, -0.2) is 9.45 Å². The van der Waals surface area contributed by atoms with Crippen LogP contribution in [0.25, 0.3) is 0 Å². The van der Waals surface area contributed by atoms with E-state index in [4.69, 9.17) is 11.1 Å². The van der Waals surface area contributed by atoms with Gasteiger partial charge in [0, 0.05) is 5.38 Å². The molecule has 0 bridgehead atoms. The van der Waals surface area contributed by atoms with Gasteiger partial charge in [-0.3, -0.25) is 10.6 Å². The average molecular weight is 331 g/mol. The monoisotopic (exact) mass is 330 g/mol. The van der Waals surface area contributed by atoms with E-state index < -0.39 is 5.82 Å². The number of hydrogen-bond donors (Lipinski definition) is 3. The molecule has 4 N–H and O–H groups in total. The second kappa shape index (κ2) is 5.01. The number of nitrogens with two attached hydrogens (primary N) is 1. The van der Waals surface area contributed by atoms with Gasteiger partial charge in [0.25, 0.3) is 0 Å². The van der Waals surface area contributed by atoms with Crippen molar-refractivity contribution in [1.82, 2.24) is 4.37 Å². The zero-order valence-electron chi connectivity index (χ0n) is 8.89. The van der Waals surface area contributed by atoms with Gasteiger partial charge in [-0.05, 0) is 45.7 Å². The maximum Gasteiger partial charge on any atom is 0.179 e. The highest BCUT2D eigenvalue weighted by molar-refractivity contribution is 9.10. The Morgan fingerprint density at radius 1 is 1.56 bits per heavy atom. The van der Waals surface area contributed by atoms with Crippen LogP contribution < -0.4 is 10.8 Å². The molecule has 0 aliphatic rings. The van der Waals surface area contributed by atoms with Gasteiger partial charge in [0.1, 0.15) is 11.5 Å². The summed E-state index contributed by atoms with van der Waals surface area (Å²) in [6.45, 7) is 0. The van der Waals surface area contributed by atoms with Crippen LogP contribution >= 0.6 is 27.5 Å². The predicted octanol–water partition coefficient (Wildman–Crippen LogP) is 2.85. The third-order valence-corrected chi connectivity index (χ3v) is 3.44. The largest absolute Gasteiger partial charge is 0.396 e. The van der Waals surface area contributed by atoms with Crippen LogP contribution in [0.3, 0.4) is 0 Å². The minimum atomic E-state index is -0.452. The molecule has 1 aromatic heterocycles. The number of anilines is 2. The fourth-order valence-corrected chi connectivity index (χ4v) is 2.21. The Labute approximate surface area is 114 Å². The van der Waals surface area contributed by atoms with Gasteiger partial charge in [-0.15, -0.1) is 0 Å². The van der Waals surface area contributed by atoms with Gasteiger partial charge in [-0.1, -0.05) is 0 Å². The van der Waals surface area contributed by atoms with Crippen molar-refractivity contribution in [1.29, 1.82) is 5.41 Å². The van der Waals surface area contributed by atoms with Gasteiger partial charge in [0.2, 0.25) is 0 Å². The SMILES string of the molecule is N=C(c1nscc1N)N(O)c1ccc(F)c(Br)c1. The second-order valence-corrected chi connectivity index (χ2v) is 4.86. The number of amidine groups is 1. The molecule has 5 nitrogen and oxygen atoms in total. The van der Waals surface area contributed by atoms with Crippen molar-refractivity contribution in [2.45, 2.75) is 0 Å². The molecular weight excluding hydrogens is 323 g/mol. The molecule has 2 rings (SSSR count). The lowest BCUT2D eigenvalue weighted by atomic mass is 10.2. The zero-order chi connectivity index (χ0) is 13.3. The fourth-order valence-electron chi connectivity index (χ4n) is 1.27. The van der Waals surface area contributed by atoms with Crippen LogP contribution in [-0.4, -0.2) is 15.4 Å². The summed E-state index contributed by atoms with van der Waals surface area (Å²) >= 11 is 4.10. The Hall–Kier alpha value is -1.51. The molecule has 1 aromatic carbocycles. The number of nitrogens with zero attached hydrogens (tertiary/aromatic N) is 2. The van der Waals surface area contributed by atoms with E-state index in [9.17, 15) is 9.60 Å². The molecule has 0 spiro atoms. The summed E-state index contributed by atoms with van der Waals surface area (Å²) in [6, 6.07) is 3.88. The van der Waals surface area contributed by atoms with E-state index in [1.165, 1.54) is 18.2 Å². The first-order valence-corrected chi connectivity index (χ1v) is 6.36. The molecule has 0 saturated carbocycles. The van der Waals surface area contributed by atoms with Crippen LogP contribution in [0.15, 0.2) is 28.1 Å². The Balaban J connectivity index is 2.31. The molecule has 0 aliphatic carbocycles. The molecule has 1 heterocycles. The highest BCUT2D eigenvalue weighted by Gasteiger charge is 2.17. The first-order chi connectivity index (χ1) is 8.50. The number of nitrogens with one attached hydrogen (secondary N) is 1. The Bertz CT molecular complexity index is 603. The molecule has 0 saturated heterocycles. The summed E-state index contributed by atoms with van der Waals surface area (Å²) in [5, 5.41) is 19.8. The van der Waals surface area contributed by atoms with E-state index in [1.807, 2.05) is 0 Å². The van der Waals surface area contributed by atoms with Crippen LogP contribution in [-0.2, 0) is 0 Å². The van der Waals surface area contributed by atoms with Crippen molar-refractivity contribution >= 4 is 44.7 Å². The van der Waals surface area contributed by atoms with E-state index in [0.717, 1.165) is 11.5 Å². The van der Waals surface area contributed by atoms with Crippen LogP contribution in [0.1, 0.15) is 5.69 Å². The second-order valence-electron chi connectivity index (χ2n) is 3.38. The van der Waals surface area contributed by atoms with Crippen molar-refractivity contribution in [3.63, 3.8) is 0 Å². The minimum Gasteiger partial charge on any atom is -0.396 e. The first-order valence-electron chi connectivity index (χ1n) is 4.73. The van der Waals surface area contributed by atoms with Crippen LogP contribution in [0, 0.1) is 11.2 Å². The molecule has 0 radical (unpaired) electrons. The molecule has 8 heteroatoms. The van der Waals surface area contributed by atoms with Gasteiger partial charge in [0.15, 0.2) is 5.84 Å². The molecule has 0 atom stereocenters. The summed E-state index contributed by atoms with van der Waals surface area (Å²) < 4.78 is 17.2. The zero-order valence-corrected chi connectivity index (χ0v) is 11.3. The van der Waals surface area contributed by atoms with E-state index in [0.29, 0.717) is 10.8 Å². The molecule has 0 amide bonds. The van der Waals surface area contributed by atoms with Crippen molar-refractivity contribution in [3.05, 3.63) is 39.6 Å². The van der Waals surface area contributed by atoms with Gasteiger partial charge < -0.3 is 5.73 Å². The summed E-state index contributed by atoms with van der Waals surface area (Å²) in [5.74, 6) is -0.723. The number of hydroxylamine groups is 1. The molecular formula is C10H8BrFN4OS. The minimum absolute atomic E-state index is 0.183. The Kier molecular flexibility index (Phi) is 3.60. The van der Waals surface area contributed by atoms with Crippen molar-refractivity contribution in [2.75, 3.05) is 10.8 Å². The van der Waals surface area contributed by atoms with Crippen molar-refractivity contribution < 1.29 is 9.60 Å². The summed E-state index contributed by atoms with van der Waals surface area (Å²) in [6.07, 6.45) is 0. The molecule has 0 unspecified atom stereocenters. The van der Waals surface area contributed by atoms with Crippen LogP contribution in [0.5, 0.6) is 0 Å². The third-order valence-electron chi connectivity index (χ3n) is 2.18. The lowest BCUT2D eigenvalue weighted by Crippen LogP contribution is -2.28.